The van der Waals surface area contributed by atoms with E-state index in [1.54, 1.807) is 12.3 Å². The number of rotatable bonds is 5. The van der Waals surface area contributed by atoms with Gasteiger partial charge in [-0.15, -0.1) is 0 Å². The Bertz CT molecular complexity index is 788. The van der Waals surface area contributed by atoms with Crippen molar-refractivity contribution in [3.63, 3.8) is 0 Å². The van der Waals surface area contributed by atoms with Crippen LogP contribution in [0.5, 0.6) is 0 Å². The summed E-state index contributed by atoms with van der Waals surface area (Å²) in [5, 5.41) is 2.99. The molecule has 26 heavy (non-hydrogen) atoms. The van der Waals surface area contributed by atoms with Gasteiger partial charge in [0.15, 0.2) is 5.82 Å². The van der Waals surface area contributed by atoms with E-state index in [2.05, 4.69) is 20.2 Å². The van der Waals surface area contributed by atoms with Crippen molar-refractivity contribution in [1.82, 2.24) is 9.97 Å². The average molecular weight is 378 g/mol. The molecular formula is C18H21ClFN5O. The van der Waals surface area contributed by atoms with Gasteiger partial charge in [-0.25, -0.2) is 9.37 Å². The molecule has 8 heteroatoms. The number of amides is 1. The second-order valence-electron chi connectivity index (χ2n) is 6.42. The first-order valence-corrected chi connectivity index (χ1v) is 8.85. The molecule has 138 valence electrons. The Kier molecular flexibility index (Phi) is 5.56. The van der Waals surface area contributed by atoms with Crippen LogP contribution in [0.4, 0.5) is 21.8 Å². The van der Waals surface area contributed by atoms with Crippen LogP contribution in [0, 0.1) is 5.82 Å². The molecule has 0 saturated carbocycles. The number of halogens is 2. The second-order valence-corrected chi connectivity index (χ2v) is 6.83. The van der Waals surface area contributed by atoms with Gasteiger partial charge in [0, 0.05) is 37.8 Å². The fraction of sp³-hybridized carbons (Fsp3) is 0.389. The Balaban J connectivity index is 1.79. The van der Waals surface area contributed by atoms with Gasteiger partial charge in [-0.05, 0) is 25.0 Å². The van der Waals surface area contributed by atoms with Crippen LogP contribution in [-0.4, -0.2) is 43.1 Å². The first-order chi connectivity index (χ1) is 12.5. The molecule has 0 bridgehead atoms. The molecule has 1 amide bonds. The fourth-order valence-corrected chi connectivity index (χ4v) is 3.15. The molecule has 0 aliphatic carbocycles. The minimum Gasteiger partial charge on any atom is -0.361 e. The number of carbonyl (C=O) groups excluding carboxylic acids is 1. The van der Waals surface area contributed by atoms with E-state index in [1.807, 2.05) is 19.0 Å². The highest BCUT2D eigenvalue weighted by Crippen LogP contribution is 2.26. The third-order valence-corrected chi connectivity index (χ3v) is 4.60. The van der Waals surface area contributed by atoms with Crippen molar-refractivity contribution >= 4 is 35.0 Å². The smallest absolute Gasteiger partial charge is 0.229 e. The molecule has 0 radical (unpaired) electrons. The van der Waals surface area contributed by atoms with Gasteiger partial charge >= 0.3 is 0 Å². The quantitative estimate of drug-likeness (QED) is 0.867. The highest BCUT2D eigenvalue weighted by atomic mass is 35.5. The van der Waals surface area contributed by atoms with Crippen molar-refractivity contribution in [2.75, 3.05) is 42.3 Å². The lowest BCUT2D eigenvalue weighted by Crippen LogP contribution is -2.24. The van der Waals surface area contributed by atoms with Crippen molar-refractivity contribution < 1.29 is 9.18 Å². The molecule has 1 aromatic heterocycles. The van der Waals surface area contributed by atoms with Crippen molar-refractivity contribution in [2.24, 2.45) is 0 Å². The normalized spacial score (nSPS) is 13.8. The van der Waals surface area contributed by atoms with E-state index in [0.717, 1.165) is 25.9 Å². The van der Waals surface area contributed by atoms with Crippen molar-refractivity contribution in [3.05, 3.63) is 40.8 Å². The predicted molar refractivity (Wildman–Crippen MR) is 102 cm³/mol. The predicted octanol–water partition coefficient (Wildman–Crippen LogP) is 3.12. The van der Waals surface area contributed by atoms with E-state index in [4.69, 9.17) is 11.6 Å². The summed E-state index contributed by atoms with van der Waals surface area (Å²) in [7, 11) is 3.69. The third-order valence-electron chi connectivity index (χ3n) is 4.24. The van der Waals surface area contributed by atoms with Gasteiger partial charge < -0.3 is 15.1 Å². The number of anilines is 3. The molecule has 1 fully saturated rings. The summed E-state index contributed by atoms with van der Waals surface area (Å²) in [6.07, 6.45) is 3.69. The molecule has 0 unspecified atom stereocenters. The Labute approximate surface area is 157 Å². The number of nitrogens with zero attached hydrogens (tertiary/aromatic N) is 4. The molecule has 1 N–H and O–H groups in total. The minimum absolute atomic E-state index is 0.160. The Morgan fingerprint density at radius 1 is 1.35 bits per heavy atom. The zero-order chi connectivity index (χ0) is 18.7. The van der Waals surface area contributed by atoms with Crippen LogP contribution in [0.2, 0.25) is 5.02 Å². The van der Waals surface area contributed by atoms with Crippen LogP contribution in [0.3, 0.4) is 0 Å². The average Bonchev–Trinajstić information content (AvgIpc) is 3.13. The monoisotopic (exact) mass is 377 g/mol. The van der Waals surface area contributed by atoms with E-state index in [1.165, 1.54) is 12.1 Å². The van der Waals surface area contributed by atoms with E-state index in [0.29, 0.717) is 17.5 Å². The maximum absolute atomic E-state index is 13.9. The number of benzene rings is 1. The zero-order valence-electron chi connectivity index (χ0n) is 14.8. The standard InChI is InChI=1S/C18H21ClFN5O/c1-24(2)17-15(11-21-18(23-17)25-8-3-4-9-25)22-16(26)10-12-13(19)6-5-7-14(12)20/h5-7,11H,3-4,8-10H2,1-2H3,(H,22,26). The SMILES string of the molecule is CN(C)c1nc(N2CCCC2)ncc1NC(=O)Cc1c(F)cccc1Cl. The van der Waals surface area contributed by atoms with Crippen molar-refractivity contribution in [2.45, 2.75) is 19.3 Å². The highest BCUT2D eigenvalue weighted by molar-refractivity contribution is 6.31. The Morgan fingerprint density at radius 2 is 2.08 bits per heavy atom. The number of hydrogen-bond donors (Lipinski definition) is 1. The van der Waals surface area contributed by atoms with Crippen molar-refractivity contribution in [1.29, 1.82) is 0 Å². The number of hydrogen-bond acceptors (Lipinski definition) is 5. The van der Waals surface area contributed by atoms with Crippen LogP contribution in [0.15, 0.2) is 24.4 Å². The summed E-state index contributed by atoms with van der Waals surface area (Å²) in [5.41, 5.74) is 0.656. The number of aromatic nitrogens is 2. The summed E-state index contributed by atoms with van der Waals surface area (Å²) < 4.78 is 13.9. The molecule has 3 rings (SSSR count). The van der Waals surface area contributed by atoms with E-state index in [-0.39, 0.29) is 22.9 Å². The fourth-order valence-electron chi connectivity index (χ4n) is 2.92. The first kappa shape index (κ1) is 18.4. The van der Waals surface area contributed by atoms with Gasteiger partial charge in [-0.1, -0.05) is 17.7 Å². The molecular weight excluding hydrogens is 357 g/mol. The van der Waals surface area contributed by atoms with Crippen LogP contribution < -0.4 is 15.1 Å². The summed E-state index contributed by atoms with van der Waals surface area (Å²) >= 11 is 5.99. The van der Waals surface area contributed by atoms with Gasteiger partial charge in [0.1, 0.15) is 11.5 Å². The van der Waals surface area contributed by atoms with Gasteiger partial charge in [0.25, 0.3) is 0 Å². The topological polar surface area (TPSA) is 61.4 Å². The van der Waals surface area contributed by atoms with E-state index >= 15 is 0 Å². The third kappa shape index (κ3) is 4.04. The molecule has 2 heterocycles. The summed E-state index contributed by atoms with van der Waals surface area (Å²) in [6.45, 7) is 1.87. The Morgan fingerprint density at radius 3 is 2.73 bits per heavy atom. The molecule has 0 atom stereocenters. The molecule has 1 saturated heterocycles. The van der Waals surface area contributed by atoms with Gasteiger partial charge in [0.05, 0.1) is 12.6 Å². The number of nitrogens with one attached hydrogen (secondary N) is 1. The largest absolute Gasteiger partial charge is 0.361 e. The van der Waals surface area contributed by atoms with Crippen LogP contribution in [0.1, 0.15) is 18.4 Å². The summed E-state index contributed by atoms with van der Waals surface area (Å²) in [4.78, 5) is 25.3. The maximum atomic E-state index is 13.9. The van der Waals surface area contributed by atoms with Crippen LogP contribution >= 0.6 is 11.6 Å². The van der Waals surface area contributed by atoms with Crippen LogP contribution in [-0.2, 0) is 11.2 Å². The highest BCUT2D eigenvalue weighted by Gasteiger charge is 2.19. The second kappa shape index (κ2) is 7.86. The lowest BCUT2D eigenvalue weighted by Gasteiger charge is -2.21. The molecule has 6 nitrogen and oxygen atoms in total. The molecule has 1 aromatic carbocycles. The molecule has 0 spiro atoms. The van der Waals surface area contributed by atoms with E-state index < -0.39 is 5.82 Å². The lowest BCUT2D eigenvalue weighted by atomic mass is 10.1. The summed E-state index contributed by atoms with van der Waals surface area (Å²) in [6, 6.07) is 4.36. The minimum atomic E-state index is -0.499. The molecule has 1 aliphatic rings. The van der Waals surface area contributed by atoms with Crippen molar-refractivity contribution in [3.8, 4) is 0 Å². The first-order valence-electron chi connectivity index (χ1n) is 8.48. The Hall–Kier alpha value is -2.41. The number of carbonyl (C=O) groups is 1. The zero-order valence-corrected chi connectivity index (χ0v) is 15.6. The molecule has 2 aromatic rings. The molecule has 1 aliphatic heterocycles. The van der Waals surface area contributed by atoms with Gasteiger partial charge in [-0.3, -0.25) is 4.79 Å². The maximum Gasteiger partial charge on any atom is 0.229 e. The summed E-state index contributed by atoms with van der Waals surface area (Å²) in [5.74, 6) is 0.384. The van der Waals surface area contributed by atoms with E-state index in [9.17, 15) is 9.18 Å². The lowest BCUT2D eigenvalue weighted by molar-refractivity contribution is -0.115. The van der Waals surface area contributed by atoms with Gasteiger partial charge in [0.2, 0.25) is 11.9 Å². The van der Waals surface area contributed by atoms with Crippen LogP contribution in [0.25, 0.3) is 0 Å². The van der Waals surface area contributed by atoms with Gasteiger partial charge in [-0.2, -0.15) is 4.98 Å².